The topological polar surface area (TPSA) is 50.9 Å². The van der Waals surface area contributed by atoms with Gasteiger partial charge in [0.15, 0.2) is 0 Å². The summed E-state index contributed by atoms with van der Waals surface area (Å²) < 4.78 is 0. The molecular formula is C16H21N3. The molecule has 0 amide bonds. The van der Waals surface area contributed by atoms with E-state index in [0.29, 0.717) is 6.04 Å². The number of fused-ring (bicyclic) bond motifs is 1. The standard InChI is InChI=1S/C16H21N3/c1-11-4-2-3-5-15(11)19-16-7-6-14(17)12-8-9-18-10-13(12)16/h6-11,15,19H,2-5,17H2,1H3. The average molecular weight is 255 g/mol. The molecule has 3 rings (SSSR count). The fourth-order valence-electron chi connectivity index (χ4n) is 3.07. The Morgan fingerprint density at radius 1 is 1.16 bits per heavy atom. The average Bonchev–Trinajstić information content (AvgIpc) is 2.44. The van der Waals surface area contributed by atoms with E-state index < -0.39 is 0 Å². The summed E-state index contributed by atoms with van der Waals surface area (Å²) in [6.45, 7) is 2.34. The van der Waals surface area contributed by atoms with Crippen molar-refractivity contribution in [3.8, 4) is 0 Å². The van der Waals surface area contributed by atoms with Gasteiger partial charge >= 0.3 is 0 Å². The number of nitrogens with two attached hydrogens (primary N) is 1. The summed E-state index contributed by atoms with van der Waals surface area (Å²) in [5, 5.41) is 5.92. The van der Waals surface area contributed by atoms with Gasteiger partial charge in [0.1, 0.15) is 0 Å². The third-order valence-corrected chi connectivity index (χ3v) is 4.30. The molecule has 1 aromatic carbocycles. The Kier molecular flexibility index (Phi) is 3.28. The lowest BCUT2D eigenvalue weighted by atomic mass is 9.85. The van der Waals surface area contributed by atoms with Crippen molar-refractivity contribution in [2.75, 3.05) is 11.1 Å². The Balaban J connectivity index is 1.94. The van der Waals surface area contributed by atoms with Gasteiger partial charge < -0.3 is 11.1 Å². The van der Waals surface area contributed by atoms with Gasteiger partial charge in [-0.25, -0.2) is 0 Å². The van der Waals surface area contributed by atoms with Crippen LogP contribution in [0.2, 0.25) is 0 Å². The molecule has 3 N–H and O–H groups in total. The zero-order valence-corrected chi connectivity index (χ0v) is 11.4. The van der Waals surface area contributed by atoms with Crippen LogP contribution in [0.3, 0.4) is 0 Å². The second-order valence-electron chi connectivity index (χ2n) is 5.64. The minimum atomic E-state index is 0.570. The maximum absolute atomic E-state index is 6.03. The van der Waals surface area contributed by atoms with Crippen LogP contribution in [-0.2, 0) is 0 Å². The van der Waals surface area contributed by atoms with Gasteiger partial charge in [0.05, 0.1) is 0 Å². The number of aromatic nitrogens is 1. The van der Waals surface area contributed by atoms with Crippen LogP contribution in [0.25, 0.3) is 10.8 Å². The molecule has 100 valence electrons. The van der Waals surface area contributed by atoms with Crippen molar-refractivity contribution >= 4 is 22.1 Å². The molecule has 0 saturated heterocycles. The molecule has 1 aromatic heterocycles. The van der Waals surface area contributed by atoms with E-state index in [9.17, 15) is 0 Å². The fraction of sp³-hybridized carbons (Fsp3) is 0.438. The molecule has 2 atom stereocenters. The van der Waals surface area contributed by atoms with E-state index in [-0.39, 0.29) is 0 Å². The molecule has 2 aromatic rings. The van der Waals surface area contributed by atoms with Gasteiger partial charge in [-0.15, -0.1) is 0 Å². The lowest BCUT2D eigenvalue weighted by Crippen LogP contribution is -2.30. The smallest absolute Gasteiger partial charge is 0.0439 e. The van der Waals surface area contributed by atoms with Crippen LogP contribution in [0.15, 0.2) is 30.6 Å². The number of pyridine rings is 1. The number of benzene rings is 1. The van der Waals surface area contributed by atoms with Gasteiger partial charge in [-0.3, -0.25) is 4.98 Å². The normalized spacial score (nSPS) is 23.4. The summed E-state index contributed by atoms with van der Waals surface area (Å²) >= 11 is 0. The van der Waals surface area contributed by atoms with E-state index in [2.05, 4.69) is 23.3 Å². The zero-order chi connectivity index (χ0) is 13.2. The molecule has 1 heterocycles. The largest absolute Gasteiger partial charge is 0.398 e. The van der Waals surface area contributed by atoms with Crippen molar-refractivity contribution in [3.63, 3.8) is 0 Å². The minimum absolute atomic E-state index is 0.570. The molecule has 3 heteroatoms. The van der Waals surface area contributed by atoms with Crippen molar-refractivity contribution in [1.29, 1.82) is 0 Å². The van der Waals surface area contributed by atoms with Gasteiger partial charge in [0.2, 0.25) is 0 Å². The number of hydrogen-bond acceptors (Lipinski definition) is 3. The van der Waals surface area contributed by atoms with E-state index in [4.69, 9.17) is 5.73 Å². The van der Waals surface area contributed by atoms with Crippen LogP contribution >= 0.6 is 0 Å². The van der Waals surface area contributed by atoms with E-state index in [1.165, 1.54) is 25.7 Å². The molecule has 0 bridgehead atoms. The van der Waals surface area contributed by atoms with Gasteiger partial charge in [-0.05, 0) is 37.0 Å². The third kappa shape index (κ3) is 2.37. The van der Waals surface area contributed by atoms with Crippen molar-refractivity contribution in [3.05, 3.63) is 30.6 Å². The Labute approximate surface area is 114 Å². The van der Waals surface area contributed by atoms with Gasteiger partial charge in [-0.1, -0.05) is 19.8 Å². The van der Waals surface area contributed by atoms with Gasteiger partial charge in [0, 0.05) is 40.6 Å². The molecule has 0 radical (unpaired) electrons. The third-order valence-electron chi connectivity index (χ3n) is 4.30. The molecule has 2 unspecified atom stereocenters. The number of nitrogen functional groups attached to an aromatic ring is 1. The van der Waals surface area contributed by atoms with Crippen LogP contribution in [0.1, 0.15) is 32.6 Å². The first-order valence-electron chi connectivity index (χ1n) is 7.14. The molecule has 1 aliphatic rings. The Bertz CT molecular complexity index is 579. The maximum Gasteiger partial charge on any atom is 0.0439 e. The first-order chi connectivity index (χ1) is 9.25. The maximum atomic E-state index is 6.03. The van der Waals surface area contributed by atoms with Crippen LogP contribution in [0.4, 0.5) is 11.4 Å². The summed E-state index contributed by atoms with van der Waals surface area (Å²) in [6.07, 6.45) is 8.97. The van der Waals surface area contributed by atoms with Gasteiger partial charge in [-0.2, -0.15) is 0 Å². The molecule has 1 aliphatic carbocycles. The lowest BCUT2D eigenvalue weighted by Gasteiger charge is -2.30. The number of anilines is 2. The highest BCUT2D eigenvalue weighted by atomic mass is 14.9. The number of nitrogens with one attached hydrogen (secondary N) is 1. The lowest BCUT2D eigenvalue weighted by molar-refractivity contribution is 0.350. The number of nitrogens with zero attached hydrogens (tertiary/aromatic N) is 1. The summed E-state index contributed by atoms with van der Waals surface area (Å²) in [7, 11) is 0. The number of hydrogen-bond donors (Lipinski definition) is 2. The first kappa shape index (κ1) is 12.3. The summed E-state index contributed by atoms with van der Waals surface area (Å²) in [5.41, 5.74) is 8.01. The Morgan fingerprint density at radius 2 is 2.00 bits per heavy atom. The fourth-order valence-corrected chi connectivity index (χ4v) is 3.07. The Hall–Kier alpha value is -1.77. The van der Waals surface area contributed by atoms with E-state index in [0.717, 1.165) is 28.1 Å². The predicted molar refractivity (Wildman–Crippen MR) is 81.2 cm³/mol. The first-order valence-corrected chi connectivity index (χ1v) is 7.14. The van der Waals surface area contributed by atoms with Crippen LogP contribution in [0, 0.1) is 5.92 Å². The van der Waals surface area contributed by atoms with E-state index in [1.54, 1.807) is 6.20 Å². The van der Waals surface area contributed by atoms with Crippen molar-refractivity contribution in [1.82, 2.24) is 4.98 Å². The molecule has 0 aliphatic heterocycles. The van der Waals surface area contributed by atoms with E-state index >= 15 is 0 Å². The molecule has 0 spiro atoms. The van der Waals surface area contributed by atoms with E-state index in [1.807, 2.05) is 18.3 Å². The molecule has 3 nitrogen and oxygen atoms in total. The van der Waals surface area contributed by atoms with Gasteiger partial charge in [0.25, 0.3) is 0 Å². The quantitative estimate of drug-likeness (QED) is 0.802. The van der Waals surface area contributed by atoms with Crippen molar-refractivity contribution in [2.45, 2.75) is 38.6 Å². The second-order valence-corrected chi connectivity index (χ2v) is 5.64. The second kappa shape index (κ2) is 5.08. The van der Waals surface area contributed by atoms with Crippen LogP contribution in [0.5, 0.6) is 0 Å². The highest BCUT2D eigenvalue weighted by Crippen LogP contribution is 2.31. The Morgan fingerprint density at radius 3 is 2.84 bits per heavy atom. The summed E-state index contributed by atoms with van der Waals surface area (Å²) in [6, 6.07) is 6.62. The monoisotopic (exact) mass is 255 g/mol. The van der Waals surface area contributed by atoms with Crippen molar-refractivity contribution < 1.29 is 0 Å². The molecule has 1 fully saturated rings. The number of rotatable bonds is 2. The highest BCUT2D eigenvalue weighted by Gasteiger charge is 2.21. The highest BCUT2D eigenvalue weighted by molar-refractivity contribution is 6.00. The summed E-state index contributed by atoms with van der Waals surface area (Å²) in [4.78, 5) is 4.23. The predicted octanol–water partition coefficient (Wildman–Crippen LogP) is 3.81. The minimum Gasteiger partial charge on any atom is -0.398 e. The molecular weight excluding hydrogens is 234 g/mol. The van der Waals surface area contributed by atoms with Crippen molar-refractivity contribution in [2.24, 2.45) is 5.92 Å². The molecule has 19 heavy (non-hydrogen) atoms. The molecule has 1 saturated carbocycles. The zero-order valence-electron chi connectivity index (χ0n) is 11.4. The van der Waals surface area contributed by atoms with Crippen LogP contribution < -0.4 is 11.1 Å². The summed E-state index contributed by atoms with van der Waals surface area (Å²) in [5.74, 6) is 0.734. The van der Waals surface area contributed by atoms with Crippen LogP contribution in [-0.4, -0.2) is 11.0 Å². The SMILES string of the molecule is CC1CCCCC1Nc1ccc(N)c2ccncc12.